The van der Waals surface area contributed by atoms with Gasteiger partial charge in [0.15, 0.2) is 5.41 Å². The Kier molecular flexibility index (Phi) is 8.68. The Bertz CT molecular complexity index is 273. The van der Waals surface area contributed by atoms with Crippen molar-refractivity contribution in [3.63, 3.8) is 0 Å². The van der Waals surface area contributed by atoms with Crippen molar-refractivity contribution >= 4 is 11.9 Å². The molecule has 5 heteroatoms. The predicted molar refractivity (Wildman–Crippen MR) is 67.0 cm³/mol. The summed E-state index contributed by atoms with van der Waals surface area (Å²) in [7, 11) is 0. The number of carboxylic acid groups (broad SMARTS) is 2. The maximum Gasteiger partial charge on any atom is 1.00 e. The van der Waals surface area contributed by atoms with Gasteiger partial charge in [0.2, 0.25) is 0 Å². The van der Waals surface area contributed by atoms with E-state index in [2.05, 4.69) is 6.92 Å². The van der Waals surface area contributed by atoms with Crippen molar-refractivity contribution in [2.45, 2.75) is 59.8 Å². The Hall–Kier alpha value is -0.463. The molecule has 0 aromatic carbocycles. The minimum absolute atomic E-state index is 0. The number of rotatable bonds is 7. The third kappa shape index (κ3) is 4.33. The van der Waals surface area contributed by atoms with E-state index in [0.29, 0.717) is 6.42 Å². The van der Waals surface area contributed by atoms with E-state index in [9.17, 15) is 19.8 Å². The first-order valence-electron chi connectivity index (χ1n) is 6.17. The van der Waals surface area contributed by atoms with Crippen molar-refractivity contribution < 1.29 is 40.1 Å². The summed E-state index contributed by atoms with van der Waals surface area (Å²) in [6.07, 6.45) is 3.78. The topological polar surface area (TPSA) is 74.6 Å². The number of carbonyl (C=O) groups is 2. The zero-order valence-electron chi connectivity index (χ0n) is 13.2. The molecule has 0 heterocycles. The minimum atomic E-state index is -1.68. The smallest absolute Gasteiger partial charge is 1.00 e. The van der Waals surface area contributed by atoms with Gasteiger partial charge in [-0.05, 0) is 11.8 Å². The molecular weight excluding hydrogens is 227 g/mol. The molecule has 0 aliphatic carbocycles. The normalized spacial score (nSPS) is 11.8. The summed E-state index contributed by atoms with van der Waals surface area (Å²) < 4.78 is 0. The first kappa shape index (κ1) is 19.9. The monoisotopic (exact) mass is 252 g/mol. The quantitative estimate of drug-likeness (QED) is 0.387. The standard InChI is InChI=1S/C13H24O4.Li.H/c1-5-6-7-8-9-13(10(14)15,11(16)17)12(2,3)4;;/h5-9H2,1-4H3,(H,14,15)(H,16,17);;/q;+1;-1. The van der Waals surface area contributed by atoms with Crippen LogP contribution in [0.5, 0.6) is 0 Å². The molecule has 4 nitrogen and oxygen atoms in total. The van der Waals surface area contributed by atoms with Crippen molar-refractivity contribution in [1.82, 2.24) is 0 Å². The molecular formula is C13H25LiO4. The average Bonchev–Trinajstić information content (AvgIpc) is 2.14. The van der Waals surface area contributed by atoms with Crippen LogP contribution in [0.1, 0.15) is 61.2 Å². The van der Waals surface area contributed by atoms with Crippen molar-refractivity contribution in [3.05, 3.63) is 0 Å². The summed E-state index contributed by atoms with van der Waals surface area (Å²) in [6, 6.07) is 0. The van der Waals surface area contributed by atoms with Crippen LogP contribution in [0.25, 0.3) is 0 Å². The van der Waals surface area contributed by atoms with Crippen LogP contribution in [-0.2, 0) is 9.59 Å². The van der Waals surface area contributed by atoms with Crippen LogP contribution >= 0.6 is 0 Å². The molecule has 0 aliphatic heterocycles. The van der Waals surface area contributed by atoms with Crippen LogP contribution in [0.4, 0.5) is 0 Å². The van der Waals surface area contributed by atoms with Gasteiger partial charge in [0, 0.05) is 0 Å². The van der Waals surface area contributed by atoms with Crippen LogP contribution in [0.15, 0.2) is 0 Å². The first-order valence-corrected chi connectivity index (χ1v) is 6.17. The molecule has 0 amide bonds. The van der Waals surface area contributed by atoms with Gasteiger partial charge in [0.05, 0.1) is 0 Å². The van der Waals surface area contributed by atoms with E-state index in [1.54, 1.807) is 20.8 Å². The summed E-state index contributed by atoms with van der Waals surface area (Å²) in [6.45, 7) is 7.09. The van der Waals surface area contributed by atoms with Crippen LogP contribution < -0.4 is 18.9 Å². The molecule has 0 rings (SSSR count). The minimum Gasteiger partial charge on any atom is -1.00 e. The van der Waals surface area contributed by atoms with E-state index in [4.69, 9.17) is 0 Å². The molecule has 102 valence electrons. The zero-order chi connectivity index (χ0) is 13.7. The molecule has 2 N–H and O–H groups in total. The Balaban J connectivity index is -0.00000128. The Morgan fingerprint density at radius 2 is 1.44 bits per heavy atom. The fourth-order valence-corrected chi connectivity index (χ4v) is 2.14. The van der Waals surface area contributed by atoms with Crippen LogP contribution in [0, 0.1) is 10.8 Å². The van der Waals surface area contributed by atoms with Gasteiger partial charge in [0.25, 0.3) is 0 Å². The molecule has 0 fully saturated rings. The summed E-state index contributed by atoms with van der Waals surface area (Å²) in [5.41, 5.74) is -2.47. The molecule has 18 heavy (non-hydrogen) atoms. The number of aliphatic carboxylic acids is 2. The van der Waals surface area contributed by atoms with E-state index in [-0.39, 0.29) is 26.7 Å². The summed E-state index contributed by atoms with van der Waals surface area (Å²) >= 11 is 0. The third-order valence-electron chi connectivity index (χ3n) is 3.42. The van der Waals surface area contributed by atoms with Gasteiger partial charge in [-0.25, -0.2) is 0 Å². The average molecular weight is 252 g/mol. The fraction of sp³-hybridized carbons (Fsp3) is 0.846. The molecule has 0 aromatic rings. The van der Waals surface area contributed by atoms with Gasteiger partial charge in [-0.15, -0.1) is 0 Å². The van der Waals surface area contributed by atoms with Gasteiger partial charge in [-0.2, -0.15) is 0 Å². The maximum absolute atomic E-state index is 11.4. The zero-order valence-corrected chi connectivity index (χ0v) is 12.2. The van der Waals surface area contributed by atoms with Gasteiger partial charge >= 0.3 is 30.8 Å². The van der Waals surface area contributed by atoms with Gasteiger partial charge in [0.1, 0.15) is 0 Å². The Labute approximate surface area is 123 Å². The second kappa shape index (κ2) is 7.86. The molecule has 0 spiro atoms. The fourth-order valence-electron chi connectivity index (χ4n) is 2.14. The van der Waals surface area contributed by atoms with Gasteiger partial charge in [-0.3, -0.25) is 9.59 Å². The summed E-state index contributed by atoms with van der Waals surface area (Å²) in [5.74, 6) is -2.46. The van der Waals surface area contributed by atoms with Crippen molar-refractivity contribution in [1.29, 1.82) is 0 Å². The molecule has 0 radical (unpaired) electrons. The molecule has 0 atom stereocenters. The molecule has 0 bridgehead atoms. The van der Waals surface area contributed by atoms with Crippen LogP contribution in [0.3, 0.4) is 0 Å². The van der Waals surface area contributed by atoms with Crippen LogP contribution in [-0.4, -0.2) is 22.2 Å². The number of carboxylic acids is 2. The molecule has 0 saturated heterocycles. The second-order valence-corrected chi connectivity index (χ2v) is 5.58. The number of unbranched alkanes of at least 4 members (excludes halogenated alkanes) is 3. The predicted octanol–water partition coefficient (Wildman–Crippen LogP) is 0.275. The van der Waals surface area contributed by atoms with E-state index < -0.39 is 22.8 Å². The third-order valence-corrected chi connectivity index (χ3v) is 3.42. The van der Waals surface area contributed by atoms with Gasteiger partial charge in [-0.1, -0.05) is 53.4 Å². The molecule has 0 aromatic heterocycles. The Morgan fingerprint density at radius 1 is 1.00 bits per heavy atom. The molecule has 0 unspecified atom stereocenters. The maximum atomic E-state index is 11.4. The molecule has 0 aliphatic rings. The Morgan fingerprint density at radius 3 is 1.72 bits per heavy atom. The van der Waals surface area contributed by atoms with Crippen molar-refractivity contribution in [3.8, 4) is 0 Å². The second-order valence-electron chi connectivity index (χ2n) is 5.58. The van der Waals surface area contributed by atoms with Crippen LogP contribution in [0.2, 0.25) is 0 Å². The van der Waals surface area contributed by atoms with Crippen molar-refractivity contribution in [2.75, 3.05) is 0 Å². The van der Waals surface area contributed by atoms with E-state index in [0.717, 1.165) is 19.3 Å². The summed E-state index contributed by atoms with van der Waals surface area (Å²) in [4.78, 5) is 22.8. The molecule has 0 saturated carbocycles. The SMILES string of the molecule is CCCCCCC(C(=O)O)(C(=O)O)C(C)(C)C.[H-].[Li+]. The van der Waals surface area contributed by atoms with Gasteiger partial charge < -0.3 is 11.6 Å². The van der Waals surface area contributed by atoms with E-state index in [1.807, 2.05) is 0 Å². The van der Waals surface area contributed by atoms with Crippen molar-refractivity contribution in [2.24, 2.45) is 10.8 Å². The van der Waals surface area contributed by atoms with E-state index in [1.165, 1.54) is 0 Å². The largest absolute Gasteiger partial charge is 1.00 e. The first-order chi connectivity index (χ1) is 7.70. The number of hydrogen-bond acceptors (Lipinski definition) is 2. The number of hydrogen-bond donors (Lipinski definition) is 2. The summed E-state index contributed by atoms with van der Waals surface area (Å²) in [5, 5.41) is 18.6. The van der Waals surface area contributed by atoms with E-state index >= 15 is 0 Å².